The van der Waals surface area contributed by atoms with Crippen LogP contribution in [0.5, 0.6) is 11.5 Å². The number of carbonyl (C=O) groups excluding carboxylic acids is 3. The number of hydrogen-bond acceptors (Lipinski definition) is 5. The van der Waals surface area contributed by atoms with Gasteiger partial charge in [-0.05, 0) is 79.9 Å². The Morgan fingerprint density at radius 3 is 2.21 bits per heavy atom. The van der Waals surface area contributed by atoms with Gasteiger partial charge in [0.15, 0.2) is 0 Å². The lowest BCUT2D eigenvalue weighted by Gasteiger charge is -2.26. The van der Waals surface area contributed by atoms with Gasteiger partial charge in [0.25, 0.3) is 11.8 Å². The molecular weight excluding hydrogens is 608 g/mol. The van der Waals surface area contributed by atoms with Crippen molar-refractivity contribution >= 4 is 45.5 Å². The van der Waals surface area contributed by atoms with Gasteiger partial charge in [0.2, 0.25) is 0 Å². The molecule has 43 heavy (non-hydrogen) atoms. The molecule has 0 spiro atoms. The first-order valence-corrected chi connectivity index (χ1v) is 14.7. The number of nitrogens with zero attached hydrogens (tertiary/aromatic N) is 1. The van der Waals surface area contributed by atoms with E-state index in [1.54, 1.807) is 30.3 Å². The van der Waals surface area contributed by atoms with Crippen molar-refractivity contribution in [2.45, 2.75) is 33.8 Å². The van der Waals surface area contributed by atoms with Crippen molar-refractivity contribution in [2.24, 2.45) is 0 Å². The van der Waals surface area contributed by atoms with Crippen LogP contribution in [0.3, 0.4) is 0 Å². The molecule has 0 atom stereocenters. The number of amides is 4. The van der Waals surface area contributed by atoms with Gasteiger partial charge in [-0.2, -0.15) is 0 Å². The lowest BCUT2D eigenvalue weighted by atomic mass is 9.98. The molecule has 8 heteroatoms. The van der Waals surface area contributed by atoms with Crippen LogP contribution in [0.4, 0.5) is 10.5 Å². The van der Waals surface area contributed by atoms with Crippen LogP contribution in [0.25, 0.3) is 6.08 Å². The van der Waals surface area contributed by atoms with E-state index in [4.69, 9.17) is 9.47 Å². The maximum absolute atomic E-state index is 13.5. The maximum atomic E-state index is 13.5. The lowest BCUT2D eigenvalue weighted by molar-refractivity contribution is -0.122. The van der Waals surface area contributed by atoms with Crippen molar-refractivity contribution < 1.29 is 23.9 Å². The molecule has 5 rings (SSSR count). The zero-order chi connectivity index (χ0) is 30.5. The quantitative estimate of drug-likeness (QED) is 0.154. The fourth-order valence-corrected chi connectivity index (χ4v) is 5.64. The molecule has 4 aromatic rings. The molecule has 0 aromatic heterocycles. The van der Waals surface area contributed by atoms with Crippen LogP contribution in [0, 0.1) is 13.8 Å². The number of imide groups is 2. The van der Waals surface area contributed by atoms with E-state index in [1.807, 2.05) is 43.3 Å². The number of rotatable bonds is 9. The van der Waals surface area contributed by atoms with E-state index in [1.165, 1.54) is 17.2 Å². The van der Waals surface area contributed by atoms with Gasteiger partial charge in [0, 0.05) is 16.5 Å². The Labute approximate surface area is 259 Å². The molecule has 7 nitrogen and oxygen atoms in total. The number of hydrogen-bond donors (Lipinski definition) is 1. The number of anilines is 1. The van der Waals surface area contributed by atoms with E-state index >= 15 is 0 Å². The molecule has 0 unspecified atom stereocenters. The second kappa shape index (κ2) is 13.1. The Hall–Kier alpha value is -4.69. The second-order valence-electron chi connectivity index (χ2n) is 10.3. The van der Waals surface area contributed by atoms with Crippen LogP contribution in [-0.2, 0) is 22.6 Å². The molecule has 4 amide bonds. The average molecular weight is 640 g/mol. The standard InChI is InChI=1S/C35H31BrN2O5/c1-4-42-32-20-26(19-31(36)29(32)17-25-15-22(2)14-23(3)16-25)18-30-33(39)37-35(41)38(34(30)40)27-10-12-28(13-11-27)43-21-24-8-6-5-7-9-24/h5-16,18-20H,4,17,21H2,1-3H3,(H,37,39,41)/b30-18+. The highest BCUT2D eigenvalue weighted by atomic mass is 79.9. The van der Waals surface area contributed by atoms with Gasteiger partial charge in [0.05, 0.1) is 12.3 Å². The number of barbiturate groups is 1. The average Bonchev–Trinajstić information content (AvgIpc) is 2.97. The zero-order valence-electron chi connectivity index (χ0n) is 24.1. The van der Waals surface area contributed by atoms with Crippen LogP contribution in [-0.4, -0.2) is 24.5 Å². The SMILES string of the molecule is CCOc1cc(/C=C2\C(=O)NC(=O)N(c3ccc(OCc4ccccc4)cc3)C2=O)cc(Br)c1Cc1cc(C)cc(C)c1. The third kappa shape index (κ3) is 7.04. The zero-order valence-corrected chi connectivity index (χ0v) is 25.7. The number of nitrogens with one attached hydrogen (secondary N) is 1. The van der Waals surface area contributed by atoms with E-state index < -0.39 is 17.8 Å². The molecule has 1 saturated heterocycles. The number of urea groups is 1. The fraction of sp³-hybridized carbons (Fsp3) is 0.171. The molecule has 218 valence electrons. The van der Waals surface area contributed by atoms with Crippen LogP contribution < -0.4 is 19.7 Å². The third-order valence-electron chi connectivity index (χ3n) is 6.90. The van der Waals surface area contributed by atoms with Gasteiger partial charge in [-0.1, -0.05) is 75.6 Å². The minimum Gasteiger partial charge on any atom is -0.494 e. The van der Waals surface area contributed by atoms with Crippen molar-refractivity contribution in [3.8, 4) is 11.5 Å². The summed E-state index contributed by atoms with van der Waals surface area (Å²) in [6.45, 7) is 6.86. The highest BCUT2D eigenvalue weighted by Gasteiger charge is 2.37. The van der Waals surface area contributed by atoms with E-state index in [0.717, 1.165) is 26.1 Å². The van der Waals surface area contributed by atoms with Gasteiger partial charge in [-0.25, -0.2) is 9.69 Å². The number of halogens is 1. The van der Waals surface area contributed by atoms with E-state index in [0.29, 0.717) is 42.4 Å². The van der Waals surface area contributed by atoms with Crippen molar-refractivity contribution in [1.82, 2.24) is 5.32 Å². The largest absolute Gasteiger partial charge is 0.494 e. The van der Waals surface area contributed by atoms with E-state index in [9.17, 15) is 14.4 Å². The summed E-state index contributed by atoms with van der Waals surface area (Å²) in [6.07, 6.45) is 2.12. The summed E-state index contributed by atoms with van der Waals surface area (Å²) in [4.78, 5) is 40.0. The first-order valence-electron chi connectivity index (χ1n) is 13.9. The highest BCUT2D eigenvalue weighted by Crippen LogP contribution is 2.33. The Morgan fingerprint density at radius 2 is 1.53 bits per heavy atom. The molecular formula is C35H31BrN2O5. The summed E-state index contributed by atoms with van der Waals surface area (Å²) in [5, 5.41) is 2.28. The smallest absolute Gasteiger partial charge is 0.335 e. The summed E-state index contributed by atoms with van der Waals surface area (Å²) >= 11 is 3.68. The molecule has 0 saturated carbocycles. The first kappa shape index (κ1) is 29.8. The molecule has 1 N–H and O–H groups in total. The topological polar surface area (TPSA) is 84.9 Å². The minimum absolute atomic E-state index is 0.166. The van der Waals surface area contributed by atoms with Crippen LogP contribution in [0.2, 0.25) is 0 Å². The Kier molecular flexibility index (Phi) is 9.07. The molecule has 1 heterocycles. The number of carbonyl (C=O) groups is 3. The van der Waals surface area contributed by atoms with Gasteiger partial charge in [-0.15, -0.1) is 0 Å². The maximum Gasteiger partial charge on any atom is 0.335 e. The van der Waals surface area contributed by atoms with Crippen molar-refractivity contribution in [2.75, 3.05) is 11.5 Å². The molecule has 4 aromatic carbocycles. The Balaban J connectivity index is 1.40. The Morgan fingerprint density at radius 1 is 0.837 bits per heavy atom. The third-order valence-corrected chi connectivity index (χ3v) is 7.60. The first-order chi connectivity index (χ1) is 20.7. The van der Waals surface area contributed by atoms with Crippen LogP contribution >= 0.6 is 15.9 Å². The monoisotopic (exact) mass is 638 g/mol. The number of benzene rings is 4. The number of aryl methyl sites for hydroxylation is 2. The highest BCUT2D eigenvalue weighted by molar-refractivity contribution is 9.10. The van der Waals surface area contributed by atoms with Gasteiger partial charge in [0.1, 0.15) is 23.7 Å². The van der Waals surface area contributed by atoms with Gasteiger partial charge in [-0.3, -0.25) is 14.9 Å². The molecule has 1 aliphatic heterocycles. The van der Waals surface area contributed by atoms with Crippen LogP contribution in [0.1, 0.15) is 40.3 Å². The van der Waals surface area contributed by atoms with Gasteiger partial charge < -0.3 is 9.47 Å². The molecule has 0 aliphatic carbocycles. The lowest BCUT2D eigenvalue weighted by Crippen LogP contribution is -2.54. The van der Waals surface area contributed by atoms with E-state index in [2.05, 4.69) is 53.3 Å². The normalized spacial score (nSPS) is 14.2. The van der Waals surface area contributed by atoms with Crippen molar-refractivity contribution in [3.63, 3.8) is 0 Å². The summed E-state index contributed by atoms with van der Waals surface area (Å²) in [7, 11) is 0. The van der Waals surface area contributed by atoms with Crippen molar-refractivity contribution in [3.05, 3.63) is 128 Å². The minimum atomic E-state index is -0.815. The number of ether oxygens (including phenoxy) is 2. The summed E-state index contributed by atoms with van der Waals surface area (Å²) in [6, 6.07) is 25.6. The molecule has 0 bridgehead atoms. The summed E-state index contributed by atoms with van der Waals surface area (Å²) in [5.74, 6) is -0.258. The van der Waals surface area contributed by atoms with Crippen molar-refractivity contribution in [1.29, 1.82) is 0 Å². The molecule has 1 fully saturated rings. The Bertz CT molecular complexity index is 1690. The predicted octanol–water partition coefficient (Wildman–Crippen LogP) is 7.30. The molecule has 0 radical (unpaired) electrons. The van der Waals surface area contributed by atoms with Crippen LogP contribution in [0.15, 0.2) is 95.0 Å². The predicted molar refractivity (Wildman–Crippen MR) is 170 cm³/mol. The summed E-state index contributed by atoms with van der Waals surface area (Å²) in [5.41, 5.74) is 6.21. The van der Waals surface area contributed by atoms with Gasteiger partial charge >= 0.3 is 6.03 Å². The molecule has 1 aliphatic rings. The second-order valence-corrected chi connectivity index (χ2v) is 11.2. The fourth-order valence-electron chi connectivity index (χ4n) is 5.04. The summed E-state index contributed by atoms with van der Waals surface area (Å²) < 4.78 is 12.6. The van der Waals surface area contributed by atoms with E-state index in [-0.39, 0.29) is 5.57 Å².